The van der Waals surface area contributed by atoms with Crippen molar-refractivity contribution in [3.8, 4) is 5.75 Å². The fourth-order valence-electron chi connectivity index (χ4n) is 2.14. The summed E-state index contributed by atoms with van der Waals surface area (Å²) < 4.78 is 6.81. The van der Waals surface area contributed by atoms with Crippen molar-refractivity contribution in [2.45, 2.75) is 0 Å². The molecule has 0 saturated carbocycles. The van der Waals surface area contributed by atoms with Gasteiger partial charge in [-0.25, -0.2) is 0 Å². The van der Waals surface area contributed by atoms with E-state index in [1.807, 2.05) is 18.2 Å². The molecule has 0 bridgehead atoms. The highest BCUT2D eigenvalue weighted by Crippen LogP contribution is 2.43. The fraction of sp³-hybridized carbons (Fsp3) is 0.0625. The van der Waals surface area contributed by atoms with Crippen LogP contribution < -0.4 is 10.1 Å². The zero-order chi connectivity index (χ0) is 16.6. The van der Waals surface area contributed by atoms with Gasteiger partial charge in [-0.15, -0.1) is 11.3 Å². The van der Waals surface area contributed by atoms with Crippen molar-refractivity contribution in [3.05, 3.63) is 55.8 Å². The van der Waals surface area contributed by atoms with E-state index >= 15 is 0 Å². The molecule has 0 fully saturated rings. The molecule has 0 spiro atoms. The smallest absolute Gasteiger partial charge is 0.267 e. The van der Waals surface area contributed by atoms with Gasteiger partial charge in [0.15, 0.2) is 0 Å². The number of nitrogens with one attached hydrogen (secondary N) is 1. The Bertz CT molecular complexity index is 910. The number of carbonyl (C=O) groups excluding carboxylic acids is 1. The van der Waals surface area contributed by atoms with Crippen LogP contribution in [0.1, 0.15) is 9.67 Å². The predicted molar refractivity (Wildman–Crippen MR) is 100 cm³/mol. The lowest BCUT2D eigenvalue weighted by atomic mass is 10.2. The number of ether oxygens (including phenoxy) is 1. The van der Waals surface area contributed by atoms with Gasteiger partial charge in [-0.3, -0.25) is 4.79 Å². The van der Waals surface area contributed by atoms with Gasteiger partial charge in [-0.1, -0.05) is 45.2 Å². The molecule has 1 N–H and O–H groups in total. The highest BCUT2D eigenvalue weighted by molar-refractivity contribution is 9.10. The SMILES string of the molecule is COc1ccc2c(Cl)c(C(=O)Nc3cccc(Br)c3)sc2c1Cl. The molecular weight excluding hydrogens is 421 g/mol. The first-order chi connectivity index (χ1) is 11.0. The second-order valence-electron chi connectivity index (χ2n) is 4.67. The number of benzene rings is 2. The number of fused-ring (bicyclic) bond motifs is 1. The van der Waals surface area contributed by atoms with Crippen LogP contribution in [0.4, 0.5) is 5.69 Å². The van der Waals surface area contributed by atoms with Crippen LogP contribution in [0.15, 0.2) is 40.9 Å². The lowest BCUT2D eigenvalue weighted by Crippen LogP contribution is -2.10. The summed E-state index contributed by atoms with van der Waals surface area (Å²) in [4.78, 5) is 12.9. The normalized spacial score (nSPS) is 10.8. The van der Waals surface area contributed by atoms with Gasteiger partial charge in [0.1, 0.15) is 15.6 Å². The molecule has 0 saturated heterocycles. The molecule has 2 aromatic carbocycles. The van der Waals surface area contributed by atoms with E-state index in [2.05, 4.69) is 21.2 Å². The first-order valence-electron chi connectivity index (χ1n) is 6.52. The predicted octanol–water partition coefficient (Wildman–Crippen LogP) is 6.23. The third-order valence-electron chi connectivity index (χ3n) is 3.21. The number of rotatable bonds is 3. The monoisotopic (exact) mass is 429 g/mol. The van der Waals surface area contributed by atoms with Crippen LogP contribution in [0.5, 0.6) is 5.75 Å². The van der Waals surface area contributed by atoms with Gasteiger partial charge in [-0.05, 0) is 30.3 Å². The molecule has 0 aliphatic carbocycles. The minimum Gasteiger partial charge on any atom is -0.495 e. The van der Waals surface area contributed by atoms with Crippen LogP contribution in [0.3, 0.4) is 0 Å². The quantitative estimate of drug-likeness (QED) is 0.534. The molecule has 0 unspecified atom stereocenters. The Kier molecular flexibility index (Phi) is 4.82. The van der Waals surface area contributed by atoms with E-state index in [-0.39, 0.29) is 5.91 Å². The number of anilines is 1. The van der Waals surface area contributed by atoms with Crippen molar-refractivity contribution in [2.75, 3.05) is 12.4 Å². The zero-order valence-electron chi connectivity index (χ0n) is 11.8. The Hall–Kier alpha value is -1.27. The summed E-state index contributed by atoms with van der Waals surface area (Å²) in [6.07, 6.45) is 0. The zero-order valence-corrected chi connectivity index (χ0v) is 15.7. The van der Waals surface area contributed by atoms with Gasteiger partial charge in [0, 0.05) is 15.5 Å². The van der Waals surface area contributed by atoms with Gasteiger partial charge in [0.2, 0.25) is 0 Å². The van der Waals surface area contributed by atoms with E-state index in [9.17, 15) is 4.79 Å². The molecule has 7 heteroatoms. The van der Waals surface area contributed by atoms with E-state index in [1.54, 1.807) is 25.3 Å². The molecule has 3 rings (SSSR count). The van der Waals surface area contributed by atoms with Gasteiger partial charge in [-0.2, -0.15) is 0 Å². The lowest BCUT2D eigenvalue weighted by molar-refractivity contribution is 0.103. The van der Waals surface area contributed by atoms with Gasteiger partial charge >= 0.3 is 0 Å². The highest BCUT2D eigenvalue weighted by Gasteiger charge is 2.20. The second-order valence-corrected chi connectivity index (χ2v) is 7.36. The molecule has 1 heterocycles. The Morgan fingerprint density at radius 2 is 2.00 bits per heavy atom. The number of methoxy groups -OCH3 is 1. The Labute approximate surface area is 155 Å². The van der Waals surface area contributed by atoms with E-state index in [1.165, 1.54) is 11.3 Å². The maximum absolute atomic E-state index is 12.5. The van der Waals surface area contributed by atoms with E-state index < -0.39 is 0 Å². The lowest BCUT2D eigenvalue weighted by Gasteiger charge is -2.04. The number of halogens is 3. The van der Waals surface area contributed by atoms with Gasteiger partial charge in [0.05, 0.1) is 16.8 Å². The fourth-order valence-corrected chi connectivity index (χ4v) is 4.33. The minimum atomic E-state index is -0.274. The number of thiophene rings is 1. The summed E-state index contributed by atoms with van der Waals surface area (Å²) in [5.74, 6) is 0.278. The molecule has 118 valence electrons. The topological polar surface area (TPSA) is 38.3 Å². The van der Waals surface area contributed by atoms with Crippen LogP contribution in [0, 0.1) is 0 Å². The number of hydrogen-bond acceptors (Lipinski definition) is 3. The van der Waals surface area contributed by atoms with Crippen molar-refractivity contribution < 1.29 is 9.53 Å². The molecule has 0 aliphatic rings. The molecule has 1 aromatic heterocycles. The van der Waals surface area contributed by atoms with Gasteiger partial charge in [0.25, 0.3) is 5.91 Å². The average Bonchev–Trinajstić information content (AvgIpc) is 2.86. The van der Waals surface area contributed by atoms with Gasteiger partial charge < -0.3 is 10.1 Å². The molecule has 0 atom stereocenters. The first-order valence-corrected chi connectivity index (χ1v) is 8.89. The molecule has 1 amide bonds. The Morgan fingerprint density at radius 3 is 2.70 bits per heavy atom. The summed E-state index contributed by atoms with van der Waals surface area (Å²) in [5, 5.41) is 4.42. The van der Waals surface area contributed by atoms with Crippen molar-refractivity contribution in [3.63, 3.8) is 0 Å². The minimum absolute atomic E-state index is 0.274. The summed E-state index contributed by atoms with van der Waals surface area (Å²) in [7, 11) is 1.54. The summed E-state index contributed by atoms with van der Waals surface area (Å²) in [6, 6.07) is 10.9. The third kappa shape index (κ3) is 3.19. The number of carbonyl (C=O) groups is 1. The van der Waals surface area contributed by atoms with Crippen molar-refractivity contribution >= 4 is 72.1 Å². The summed E-state index contributed by atoms with van der Waals surface area (Å²) >= 11 is 17.3. The summed E-state index contributed by atoms with van der Waals surface area (Å²) in [6.45, 7) is 0. The maximum atomic E-state index is 12.5. The van der Waals surface area contributed by atoms with E-state index in [0.29, 0.717) is 26.4 Å². The molecule has 3 nitrogen and oxygen atoms in total. The molecular formula is C16H10BrCl2NO2S. The largest absolute Gasteiger partial charge is 0.495 e. The van der Waals surface area contributed by atoms with Crippen LogP contribution >= 0.6 is 50.5 Å². The number of amides is 1. The highest BCUT2D eigenvalue weighted by atomic mass is 79.9. The van der Waals surface area contributed by atoms with Crippen LogP contribution in [-0.2, 0) is 0 Å². The molecule has 0 radical (unpaired) electrons. The molecule has 23 heavy (non-hydrogen) atoms. The standard InChI is InChI=1S/C16H10BrCl2NO2S/c1-22-11-6-5-10-12(18)15(23-14(10)13(11)19)16(21)20-9-4-2-3-8(17)7-9/h2-7H,1H3,(H,20,21). The maximum Gasteiger partial charge on any atom is 0.267 e. The van der Waals surface area contributed by atoms with Crippen LogP contribution in [0.25, 0.3) is 10.1 Å². The first kappa shape index (κ1) is 16.6. The van der Waals surface area contributed by atoms with Crippen LogP contribution in [-0.4, -0.2) is 13.0 Å². The number of hydrogen-bond donors (Lipinski definition) is 1. The molecule has 3 aromatic rings. The van der Waals surface area contributed by atoms with E-state index in [4.69, 9.17) is 27.9 Å². The summed E-state index contributed by atoms with van der Waals surface area (Å²) in [5.41, 5.74) is 0.682. The second kappa shape index (κ2) is 6.69. The van der Waals surface area contributed by atoms with Crippen molar-refractivity contribution in [1.82, 2.24) is 0 Å². The van der Waals surface area contributed by atoms with Crippen molar-refractivity contribution in [2.24, 2.45) is 0 Å². The van der Waals surface area contributed by atoms with Crippen molar-refractivity contribution in [1.29, 1.82) is 0 Å². The Morgan fingerprint density at radius 1 is 1.22 bits per heavy atom. The third-order valence-corrected chi connectivity index (χ3v) is 5.92. The molecule has 0 aliphatic heterocycles. The van der Waals surface area contributed by atoms with Crippen LogP contribution in [0.2, 0.25) is 10.0 Å². The average molecular weight is 431 g/mol. The Balaban J connectivity index is 2.01. The van der Waals surface area contributed by atoms with E-state index in [0.717, 1.165) is 14.6 Å².